The van der Waals surface area contributed by atoms with Crippen molar-refractivity contribution in [3.63, 3.8) is 0 Å². The van der Waals surface area contributed by atoms with Crippen molar-refractivity contribution in [1.29, 1.82) is 0 Å². The first-order valence-corrected chi connectivity index (χ1v) is 6.74. The summed E-state index contributed by atoms with van der Waals surface area (Å²) in [7, 11) is 0. The molecule has 5 heteroatoms. The van der Waals surface area contributed by atoms with Crippen LogP contribution in [0.2, 0.25) is 5.02 Å². The van der Waals surface area contributed by atoms with Crippen LogP contribution >= 0.6 is 27.5 Å². The van der Waals surface area contributed by atoms with E-state index >= 15 is 0 Å². The quantitative estimate of drug-likeness (QED) is 0.839. The van der Waals surface area contributed by atoms with Gasteiger partial charge >= 0.3 is 5.97 Å². The van der Waals surface area contributed by atoms with Crippen molar-refractivity contribution < 1.29 is 14.6 Å². The van der Waals surface area contributed by atoms with Gasteiger partial charge in [-0.25, -0.2) is 4.79 Å². The number of aliphatic carboxylic acids is 1. The molecule has 0 saturated heterocycles. The van der Waals surface area contributed by atoms with Crippen molar-refractivity contribution in [2.75, 3.05) is 0 Å². The number of aryl methyl sites for hydroxylation is 1. The number of benzene rings is 1. The number of carboxylic acid groups (broad SMARTS) is 1. The minimum Gasteiger partial charge on any atom is -0.479 e. The Morgan fingerprint density at radius 1 is 1.59 bits per heavy atom. The molecule has 94 valence electrons. The maximum absolute atomic E-state index is 10.9. The largest absolute Gasteiger partial charge is 0.479 e. The number of halogens is 2. The Hall–Kier alpha value is -0.740. The normalized spacial score (nSPS) is 12.2. The molecular weight excluding hydrogens is 307 g/mol. The minimum atomic E-state index is -0.958. The van der Waals surface area contributed by atoms with Gasteiger partial charge < -0.3 is 9.84 Å². The predicted octanol–water partition coefficient (Wildman–Crippen LogP) is 3.79. The van der Waals surface area contributed by atoms with Gasteiger partial charge in [-0.05, 0) is 36.6 Å². The van der Waals surface area contributed by atoms with Crippen molar-refractivity contribution in [3.8, 4) is 5.75 Å². The van der Waals surface area contributed by atoms with Crippen LogP contribution in [-0.2, 0) is 10.1 Å². The van der Waals surface area contributed by atoms with Gasteiger partial charge in [-0.3, -0.25) is 0 Å². The molecule has 3 nitrogen and oxygen atoms in total. The van der Waals surface area contributed by atoms with Crippen molar-refractivity contribution in [2.45, 2.75) is 31.7 Å². The van der Waals surface area contributed by atoms with Crippen LogP contribution in [0.3, 0.4) is 0 Å². The molecule has 0 radical (unpaired) electrons. The number of ether oxygens (including phenoxy) is 1. The maximum atomic E-state index is 10.9. The third kappa shape index (κ3) is 3.61. The lowest BCUT2D eigenvalue weighted by Gasteiger charge is -2.15. The first-order chi connectivity index (χ1) is 7.99. The van der Waals surface area contributed by atoms with Gasteiger partial charge in [-0.15, -0.1) is 0 Å². The fraction of sp³-hybridized carbons (Fsp3) is 0.417. The monoisotopic (exact) mass is 320 g/mol. The molecule has 1 N–H and O–H groups in total. The fourth-order valence-corrected chi connectivity index (χ4v) is 2.22. The Balaban J connectivity index is 2.99. The second-order valence-corrected chi connectivity index (χ2v) is 4.64. The number of rotatable bonds is 5. The van der Waals surface area contributed by atoms with Crippen LogP contribution in [0.25, 0.3) is 0 Å². The van der Waals surface area contributed by atoms with Gasteiger partial charge in [0, 0.05) is 10.4 Å². The van der Waals surface area contributed by atoms with Gasteiger partial charge in [0.25, 0.3) is 0 Å². The molecule has 1 unspecified atom stereocenters. The molecule has 1 aromatic carbocycles. The predicted molar refractivity (Wildman–Crippen MR) is 71.2 cm³/mol. The van der Waals surface area contributed by atoms with Gasteiger partial charge in [0.05, 0.1) is 0 Å². The summed E-state index contributed by atoms with van der Waals surface area (Å²) in [5, 5.41) is 10.2. The first-order valence-electron chi connectivity index (χ1n) is 5.24. The molecular formula is C12H14BrClO3. The molecule has 0 bridgehead atoms. The molecule has 17 heavy (non-hydrogen) atoms. The van der Waals surface area contributed by atoms with E-state index in [0.717, 1.165) is 11.1 Å². The summed E-state index contributed by atoms with van der Waals surface area (Å²) < 4.78 is 5.42. The first kappa shape index (κ1) is 14.3. The molecule has 0 heterocycles. The SMILES string of the molecule is CCC(Oc1cc(C)c(Cl)c(CBr)c1)C(=O)O. The summed E-state index contributed by atoms with van der Waals surface area (Å²) >= 11 is 9.43. The lowest BCUT2D eigenvalue weighted by molar-refractivity contribution is -0.145. The van der Waals surface area contributed by atoms with E-state index in [-0.39, 0.29) is 0 Å². The molecule has 0 aliphatic carbocycles. The number of hydrogen-bond acceptors (Lipinski definition) is 2. The van der Waals surface area contributed by atoms with Crippen molar-refractivity contribution in [1.82, 2.24) is 0 Å². The van der Waals surface area contributed by atoms with Crippen molar-refractivity contribution in [2.24, 2.45) is 0 Å². The molecule has 0 fully saturated rings. The topological polar surface area (TPSA) is 46.5 Å². The minimum absolute atomic E-state index is 0.417. The smallest absolute Gasteiger partial charge is 0.344 e. The summed E-state index contributed by atoms with van der Waals surface area (Å²) in [6.07, 6.45) is -0.403. The van der Waals surface area contributed by atoms with Crippen LogP contribution < -0.4 is 4.74 Å². The van der Waals surface area contributed by atoms with E-state index in [1.54, 1.807) is 19.1 Å². The zero-order chi connectivity index (χ0) is 13.0. The maximum Gasteiger partial charge on any atom is 0.344 e. The molecule has 0 aliphatic heterocycles. The van der Waals surface area contributed by atoms with E-state index in [4.69, 9.17) is 21.4 Å². The molecule has 0 aliphatic rings. The molecule has 1 aromatic rings. The zero-order valence-corrected chi connectivity index (χ0v) is 12.0. The molecule has 0 amide bonds. The van der Waals surface area contributed by atoms with Crippen LogP contribution in [0.4, 0.5) is 0 Å². The fourth-order valence-electron chi connectivity index (χ4n) is 1.44. The average molecular weight is 322 g/mol. The third-order valence-electron chi connectivity index (χ3n) is 2.37. The molecule has 1 atom stereocenters. The Morgan fingerprint density at radius 3 is 2.71 bits per heavy atom. The van der Waals surface area contributed by atoms with Gasteiger partial charge in [0.2, 0.25) is 0 Å². The van der Waals surface area contributed by atoms with Gasteiger partial charge in [0.1, 0.15) is 5.75 Å². The van der Waals surface area contributed by atoms with Crippen LogP contribution in [-0.4, -0.2) is 17.2 Å². The number of hydrogen-bond donors (Lipinski definition) is 1. The van der Waals surface area contributed by atoms with E-state index in [1.165, 1.54) is 0 Å². The second kappa shape index (κ2) is 6.26. The summed E-state index contributed by atoms with van der Waals surface area (Å²) in [4.78, 5) is 10.9. The summed E-state index contributed by atoms with van der Waals surface area (Å²) in [5.41, 5.74) is 1.76. The van der Waals surface area contributed by atoms with E-state index in [9.17, 15) is 4.79 Å². The summed E-state index contributed by atoms with van der Waals surface area (Å²) in [6, 6.07) is 3.51. The van der Waals surface area contributed by atoms with E-state index < -0.39 is 12.1 Å². The Morgan fingerprint density at radius 2 is 2.24 bits per heavy atom. The molecule has 1 rings (SSSR count). The summed E-state index contributed by atoms with van der Waals surface area (Å²) in [5.74, 6) is -0.420. The Kier molecular flexibility index (Phi) is 5.28. The second-order valence-electron chi connectivity index (χ2n) is 3.70. The highest BCUT2D eigenvalue weighted by Crippen LogP contribution is 2.29. The molecule has 0 aromatic heterocycles. The van der Waals surface area contributed by atoms with Gasteiger partial charge in [-0.1, -0.05) is 34.5 Å². The van der Waals surface area contributed by atoms with E-state index in [2.05, 4.69) is 15.9 Å². The lowest BCUT2D eigenvalue weighted by atomic mass is 10.1. The number of carbonyl (C=O) groups is 1. The van der Waals surface area contributed by atoms with Crippen LogP contribution in [0.15, 0.2) is 12.1 Å². The van der Waals surface area contributed by atoms with Crippen molar-refractivity contribution >= 4 is 33.5 Å². The zero-order valence-electron chi connectivity index (χ0n) is 9.67. The number of alkyl halides is 1. The van der Waals surface area contributed by atoms with Gasteiger partial charge in [-0.2, -0.15) is 0 Å². The molecule has 0 saturated carbocycles. The van der Waals surface area contributed by atoms with Crippen LogP contribution in [0.1, 0.15) is 24.5 Å². The number of carboxylic acids is 1. The highest BCUT2D eigenvalue weighted by molar-refractivity contribution is 9.08. The highest BCUT2D eigenvalue weighted by atomic mass is 79.9. The van der Waals surface area contributed by atoms with Crippen LogP contribution in [0.5, 0.6) is 5.75 Å². The van der Waals surface area contributed by atoms with Crippen molar-refractivity contribution in [3.05, 3.63) is 28.3 Å². The average Bonchev–Trinajstić information content (AvgIpc) is 2.29. The van der Waals surface area contributed by atoms with E-state index in [0.29, 0.717) is 22.5 Å². The third-order valence-corrected chi connectivity index (χ3v) is 3.52. The Bertz CT molecular complexity index is 420. The lowest BCUT2D eigenvalue weighted by Crippen LogP contribution is -2.26. The van der Waals surface area contributed by atoms with Crippen LogP contribution in [0, 0.1) is 6.92 Å². The van der Waals surface area contributed by atoms with E-state index in [1.807, 2.05) is 6.92 Å². The Labute approximate surface area is 114 Å². The highest BCUT2D eigenvalue weighted by Gasteiger charge is 2.17. The summed E-state index contributed by atoms with van der Waals surface area (Å²) in [6.45, 7) is 3.63. The van der Waals surface area contributed by atoms with Gasteiger partial charge in [0.15, 0.2) is 6.10 Å². The standard InChI is InChI=1S/C12H14BrClO3/c1-3-10(12(15)16)17-9-4-7(2)11(14)8(5-9)6-13/h4-5,10H,3,6H2,1-2H3,(H,15,16). The molecule has 0 spiro atoms.